The van der Waals surface area contributed by atoms with Crippen LogP contribution in [-0.2, 0) is 0 Å². The van der Waals surface area contributed by atoms with Crippen LogP contribution >= 0.6 is 0 Å². The van der Waals surface area contributed by atoms with Gasteiger partial charge in [-0.2, -0.15) is 0 Å². The first-order valence-electron chi connectivity index (χ1n) is 5.01. The van der Waals surface area contributed by atoms with E-state index in [-0.39, 0.29) is 5.56 Å². The Hall–Kier alpha value is -2.60. The summed E-state index contributed by atoms with van der Waals surface area (Å²) in [6.07, 6.45) is 3.33. The molecular formula is C14H9NO2. The maximum Gasteiger partial charge on any atom is 0.335 e. The molecule has 0 amide bonds. The molecule has 2 rings (SSSR count). The van der Waals surface area contributed by atoms with Crippen LogP contribution < -0.4 is 0 Å². The Morgan fingerprint density at radius 1 is 1.06 bits per heavy atom. The SMILES string of the molecule is O=C(O)c1cccc(C#Cc2ccncc2)c1. The summed E-state index contributed by atoms with van der Waals surface area (Å²) in [7, 11) is 0. The number of carbonyl (C=O) groups is 1. The molecule has 0 aliphatic carbocycles. The Balaban J connectivity index is 2.28. The van der Waals surface area contributed by atoms with Gasteiger partial charge < -0.3 is 5.11 Å². The summed E-state index contributed by atoms with van der Waals surface area (Å²) in [4.78, 5) is 14.7. The minimum Gasteiger partial charge on any atom is -0.478 e. The highest BCUT2D eigenvalue weighted by Gasteiger charge is 2.00. The van der Waals surface area contributed by atoms with Crippen LogP contribution in [0.1, 0.15) is 21.5 Å². The van der Waals surface area contributed by atoms with Gasteiger partial charge in [-0.25, -0.2) is 4.79 Å². The lowest BCUT2D eigenvalue weighted by molar-refractivity contribution is 0.0697. The number of nitrogens with zero attached hydrogens (tertiary/aromatic N) is 1. The van der Waals surface area contributed by atoms with Crippen LogP contribution in [0, 0.1) is 11.8 Å². The molecule has 1 N–H and O–H groups in total. The van der Waals surface area contributed by atoms with Crippen LogP contribution in [0.5, 0.6) is 0 Å². The van der Waals surface area contributed by atoms with Crippen molar-refractivity contribution >= 4 is 5.97 Å². The first-order chi connectivity index (χ1) is 8.25. The minimum absolute atomic E-state index is 0.242. The molecule has 17 heavy (non-hydrogen) atoms. The van der Waals surface area contributed by atoms with Crippen molar-refractivity contribution in [3.8, 4) is 11.8 Å². The van der Waals surface area contributed by atoms with E-state index in [2.05, 4.69) is 16.8 Å². The van der Waals surface area contributed by atoms with Crippen LogP contribution in [0.3, 0.4) is 0 Å². The number of carboxylic acid groups (broad SMARTS) is 1. The Morgan fingerprint density at radius 2 is 1.76 bits per heavy atom. The average Bonchev–Trinajstić information content (AvgIpc) is 2.38. The van der Waals surface area contributed by atoms with E-state index in [1.54, 1.807) is 48.8 Å². The smallest absolute Gasteiger partial charge is 0.335 e. The third-order valence-corrected chi connectivity index (χ3v) is 2.14. The fourth-order valence-electron chi connectivity index (χ4n) is 1.31. The first-order valence-corrected chi connectivity index (χ1v) is 5.01. The molecule has 1 aromatic heterocycles. The second-order valence-corrected chi connectivity index (χ2v) is 3.37. The van der Waals surface area contributed by atoms with Crippen molar-refractivity contribution in [2.24, 2.45) is 0 Å². The molecule has 82 valence electrons. The van der Waals surface area contributed by atoms with E-state index in [4.69, 9.17) is 5.11 Å². The molecule has 0 aliphatic rings. The van der Waals surface area contributed by atoms with E-state index >= 15 is 0 Å². The zero-order valence-electron chi connectivity index (χ0n) is 8.92. The molecule has 0 saturated heterocycles. The fraction of sp³-hybridized carbons (Fsp3) is 0. The second kappa shape index (κ2) is 4.95. The summed E-state index contributed by atoms with van der Waals surface area (Å²) < 4.78 is 0. The van der Waals surface area contributed by atoms with Crippen LogP contribution in [-0.4, -0.2) is 16.1 Å². The molecule has 2 aromatic rings. The number of carboxylic acids is 1. The van der Waals surface area contributed by atoms with Crippen LogP contribution in [0.2, 0.25) is 0 Å². The van der Waals surface area contributed by atoms with E-state index in [1.807, 2.05) is 0 Å². The predicted molar refractivity (Wildman–Crippen MR) is 63.6 cm³/mol. The van der Waals surface area contributed by atoms with Crippen molar-refractivity contribution < 1.29 is 9.90 Å². The van der Waals surface area contributed by atoms with Gasteiger partial charge in [-0.1, -0.05) is 17.9 Å². The average molecular weight is 223 g/mol. The zero-order valence-corrected chi connectivity index (χ0v) is 8.92. The second-order valence-electron chi connectivity index (χ2n) is 3.37. The topological polar surface area (TPSA) is 50.2 Å². The molecule has 3 nitrogen and oxygen atoms in total. The molecule has 0 spiro atoms. The largest absolute Gasteiger partial charge is 0.478 e. The van der Waals surface area contributed by atoms with Gasteiger partial charge in [-0.3, -0.25) is 4.98 Å². The van der Waals surface area contributed by atoms with Gasteiger partial charge in [0.05, 0.1) is 5.56 Å². The third kappa shape index (κ3) is 2.93. The summed E-state index contributed by atoms with van der Waals surface area (Å²) >= 11 is 0. The highest BCUT2D eigenvalue weighted by Crippen LogP contribution is 2.04. The number of aromatic carboxylic acids is 1. The number of hydrogen-bond acceptors (Lipinski definition) is 2. The minimum atomic E-state index is -0.947. The summed E-state index contributed by atoms with van der Waals surface area (Å²) in [5.74, 6) is 4.91. The van der Waals surface area contributed by atoms with Gasteiger partial charge in [0, 0.05) is 23.5 Å². The molecule has 3 heteroatoms. The number of rotatable bonds is 1. The maximum absolute atomic E-state index is 10.8. The van der Waals surface area contributed by atoms with Crippen LogP contribution in [0.25, 0.3) is 0 Å². The summed E-state index contributed by atoms with van der Waals surface area (Å²) in [5, 5.41) is 8.84. The lowest BCUT2D eigenvalue weighted by Gasteiger charge is -1.94. The maximum atomic E-state index is 10.8. The number of pyridine rings is 1. The van der Waals surface area contributed by atoms with Crippen LogP contribution in [0.4, 0.5) is 0 Å². The molecule has 1 aromatic carbocycles. The quantitative estimate of drug-likeness (QED) is 0.754. The van der Waals surface area contributed by atoms with Gasteiger partial charge in [-0.05, 0) is 30.3 Å². The van der Waals surface area contributed by atoms with Crippen molar-refractivity contribution in [3.05, 3.63) is 65.5 Å². The molecule has 0 atom stereocenters. The van der Waals surface area contributed by atoms with Gasteiger partial charge in [0.1, 0.15) is 0 Å². The zero-order chi connectivity index (χ0) is 12.1. The van der Waals surface area contributed by atoms with Gasteiger partial charge >= 0.3 is 5.97 Å². The fourth-order valence-corrected chi connectivity index (χ4v) is 1.31. The highest BCUT2D eigenvalue weighted by molar-refractivity contribution is 5.88. The van der Waals surface area contributed by atoms with Gasteiger partial charge in [0.25, 0.3) is 0 Å². The molecule has 0 bridgehead atoms. The first kappa shape index (κ1) is 10.9. The normalized spacial score (nSPS) is 9.18. The van der Waals surface area contributed by atoms with Gasteiger partial charge in [0.2, 0.25) is 0 Å². The molecule has 0 saturated carbocycles. The van der Waals surface area contributed by atoms with Crippen molar-refractivity contribution in [3.63, 3.8) is 0 Å². The molecule has 0 fully saturated rings. The van der Waals surface area contributed by atoms with Gasteiger partial charge in [-0.15, -0.1) is 0 Å². The number of hydrogen-bond donors (Lipinski definition) is 1. The molecular weight excluding hydrogens is 214 g/mol. The molecule has 1 heterocycles. The predicted octanol–water partition coefficient (Wildman–Crippen LogP) is 2.18. The van der Waals surface area contributed by atoms with Crippen molar-refractivity contribution in [2.45, 2.75) is 0 Å². The number of benzene rings is 1. The lowest BCUT2D eigenvalue weighted by atomic mass is 10.1. The Kier molecular flexibility index (Phi) is 3.18. The van der Waals surface area contributed by atoms with E-state index in [0.29, 0.717) is 5.56 Å². The summed E-state index contributed by atoms with van der Waals surface area (Å²) in [5.41, 5.74) is 1.77. The third-order valence-electron chi connectivity index (χ3n) is 2.14. The monoisotopic (exact) mass is 223 g/mol. The van der Waals surface area contributed by atoms with Gasteiger partial charge in [0.15, 0.2) is 0 Å². The van der Waals surface area contributed by atoms with Crippen molar-refractivity contribution in [1.29, 1.82) is 0 Å². The summed E-state index contributed by atoms with van der Waals surface area (Å²) in [6, 6.07) is 10.2. The van der Waals surface area contributed by atoms with Crippen molar-refractivity contribution in [1.82, 2.24) is 4.98 Å². The van der Waals surface area contributed by atoms with E-state index in [9.17, 15) is 4.79 Å². The molecule has 0 aliphatic heterocycles. The molecule has 0 radical (unpaired) electrons. The standard InChI is InChI=1S/C14H9NO2/c16-14(17)13-3-1-2-12(10-13)5-4-11-6-8-15-9-7-11/h1-3,6-10H,(H,16,17). The van der Waals surface area contributed by atoms with Crippen LogP contribution in [0.15, 0.2) is 48.8 Å². The van der Waals surface area contributed by atoms with E-state index < -0.39 is 5.97 Å². The summed E-state index contributed by atoms with van der Waals surface area (Å²) in [6.45, 7) is 0. The van der Waals surface area contributed by atoms with E-state index in [1.165, 1.54) is 0 Å². The number of aromatic nitrogens is 1. The van der Waals surface area contributed by atoms with E-state index in [0.717, 1.165) is 5.56 Å². The lowest BCUT2D eigenvalue weighted by Crippen LogP contribution is -1.95. The molecule has 0 unspecified atom stereocenters. The highest BCUT2D eigenvalue weighted by atomic mass is 16.4. The Morgan fingerprint density at radius 3 is 2.47 bits per heavy atom. The Bertz CT molecular complexity index is 594. The Labute approximate surface area is 98.8 Å². The van der Waals surface area contributed by atoms with Crippen molar-refractivity contribution in [2.75, 3.05) is 0 Å².